The van der Waals surface area contributed by atoms with Crippen LogP contribution >= 0.6 is 0 Å². The van der Waals surface area contributed by atoms with Gasteiger partial charge in [0.15, 0.2) is 0 Å². The quantitative estimate of drug-likeness (QED) is 0.780. The Bertz CT molecular complexity index is 467. The fourth-order valence-electron chi connectivity index (χ4n) is 1.90. The van der Waals surface area contributed by atoms with Gasteiger partial charge in [0, 0.05) is 25.0 Å². The van der Waals surface area contributed by atoms with Crippen LogP contribution in [0.4, 0.5) is 4.39 Å². The lowest BCUT2D eigenvalue weighted by Crippen LogP contribution is -2.21. The maximum Gasteiger partial charge on any atom is 0.141 e. The molecule has 0 saturated heterocycles. The number of halogens is 1. The minimum absolute atomic E-state index is 0.147. The molecule has 0 aromatic carbocycles. The number of aromatic nitrogens is 3. The third-order valence-electron chi connectivity index (χ3n) is 3.05. The van der Waals surface area contributed by atoms with E-state index in [1.807, 2.05) is 19.4 Å². The molecule has 0 saturated carbocycles. The van der Waals surface area contributed by atoms with Crippen molar-refractivity contribution in [1.29, 1.82) is 0 Å². The van der Waals surface area contributed by atoms with E-state index in [-0.39, 0.29) is 11.9 Å². The average molecular weight is 262 g/mol. The van der Waals surface area contributed by atoms with Gasteiger partial charge < -0.3 is 9.88 Å². The number of imidazole rings is 1. The van der Waals surface area contributed by atoms with Gasteiger partial charge in [-0.3, -0.25) is 4.98 Å². The molecule has 1 N–H and O–H groups in total. The maximum atomic E-state index is 12.7. The van der Waals surface area contributed by atoms with E-state index in [2.05, 4.69) is 19.9 Å². The Hall–Kier alpha value is -1.75. The summed E-state index contributed by atoms with van der Waals surface area (Å²) in [7, 11) is 0. The van der Waals surface area contributed by atoms with Gasteiger partial charge in [-0.25, -0.2) is 9.37 Å². The van der Waals surface area contributed by atoms with E-state index < -0.39 is 0 Å². The average Bonchev–Trinajstić information content (AvgIpc) is 2.92. The van der Waals surface area contributed by atoms with Crippen LogP contribution < -0.4 is 5.32 Å². The van der Waals surface area contributed by atoms with Crippen LogP contribution in [0.3, 0.4) is 0 Å². The predicted octanol–water partition coefficient (Wildman–Crippen LogP) is 2.55. The molecule has 0 aliphatic carbocycles. The fourth-order valence-corrected chi connectivity index (χ4v) is 1.90. The smallest absolute Gasteiger partial charge is 0.141 e. The van der Waals surface area contributed by atoms with Crippen molar-refractivity contribution in [3.05, 3.63) is 48.6 Å². The van der Waals surface area contributed by atoms with E-state index in [1.54, 1.807) is 12.3 Å². The number of rotatable bonds is 7. The first kappa shape index (κ1) is 13.7. The molecule has 2 aromatic rings. The Kier molecular flexibility index (Phi) is 5.03. The van der Waals surface area contributed by atoms with Crippen LogP contribution in [0, 0.1) is 5.82 Å². The van der Waals surface area contributed by atoms with E-state index in [4.69, 9.17) is 0 Å². The second-order valence-corrected chi connectivity index (χ2v) is 4.58. The van der Waals surface area contributed by atoms with Crippen molar-refractivity contribution in [3.63, 3.8) is 0 Å². The highest BCUT2D eigenvalue weighted by Crippen LogP contribution is 2.09. The molecule has 0 radical (unpaired) electrons. The lowest BCUT2D eigenvalue weighted by molar-refractivity contribution is 0.514. The van der Waals surface area contributed by atoms with Gasteiger partial charge in [-0.1, -0.05) is 0 Å². The van der Waals surface area contributed by atoms with Crippen LogP contribution in [-0.4, -0.2) is 21.1 Å². The van der Waals surface area contributed by atoms with Gasteiger partial charge in [-0.2, -0.15) is 0 Å². The van der Waals surface area contributed by atoms with Crippen molar-refractivity contribution < 1.29 is 4.39 Å². The molecule has 0 spiro atoms. The summed E-state index contributed by atoms with van der Waals surface area (Å²) in [5.41, 5.74) is 0.871. The summed E-state index contributed by atoms with van der Waals surface area (Å²) in [6, 6.07) is 3.31. The summed E-state index contributed by atoms with van der Waals surface area (Å²) in [4.78, 5) is 8.07. The van der Waals surface area contributed by atoms with Crippen LogP contribution in [0.25, 0.3) is 0 Å². The van der Waals surface area contributed by atoms with Gasteiger partial charge in [-0.05, 0) is 38.4 Å². The number of nitrogens with one attached hydrogen (secondary N) is 1. The minimum atomic E-state index is -0.295. The van der Waals surface area contributed by atoms with Crippen molar-refractivity contribution in [2.45, 2.75) is 32.4 Å². The van der Waals surface area contributed by atoms with Crippen molar-refractivity contribution in [2.75, 3.05) is 6.54 Å². The highest BCUT2D eigenvalue weighted by atomic mass is 19.1. The molecular weight excluding hydrogens is 243 g/mol. The van der Waals surface area contributed by atoms with Gasteiger partial charge in [-0.15, -0.1) is 0 Å². The van der Waals surface area contributed by atoms with Crippen molar-refractivity contribution in [3.8, 4) is 0 Å². The number of pyridine rings is 1. The maximum absolute atomic E-state index is 12.7. The molecule has 102 valence electrons. The van der Waals surface area contributed by atoms with Gasteiger partial charge in [0.25, 0.3) is 0 Å². The molecule has 4 nitrogen and oxygen atoms in total. The summed E-state index contributed by atoms with van der Waals surface area (Å²) >= 11 is 0. The molecule has 19 heavy (non-hydrogen) atoms. The van der Waals surface area contributed by atoms with Gasteiger partial charge in [0.1, 0.15) is 5.82 Å². The zero-order chi connectivity index (χ0) is 13.5. The van der Waals surface area contributed by atoms with Crippen molar-refractivity contribution in [2.24, 2.45) is 0 Å². The first-order valence-electron chi connectivity index (χ1n) is 6.56. The molecule has 0 bridgehead atoms. The van der Waals surface area contributed by atoms with E-state index in [1.165, 1.54) is 12.3 Å². The molecule has 0 aliphatic heterocycles. The molecule has 0 aliphatic rings. The van der Waals surface area contributed by atoms with Crippen molar-refractivity contribution >= 4 is 0 Å². The number of unbranched alkanes of at least 4 members (excludes halogenated alkanes) is 1. The van der Waals surface area contributed by atoms with Gasteiger partial charge in [0.2, 0.25) is 0 Å². The monoisotopic (exact) mass is 262 g/mol. The third kappa shape index (κ3) is 4.44. The van der Waals surface area contributed by atoms with Gasteiger partial charge in [0.05, 0.1) is 18.2 Å². The number of nitrogens with zero attached hydrogens (tertiary/aromatic N) is 3. The van der Waals surface area contributed by atoms with Crippen LogP contribution in [0.1, 0.15) is 31.5 Å². The Morgan fingerprint density at radius 2 is 2.26 bits per heavy atom. The summed E-state index contributed by atoms with van der Waals surface area (Å²) in [6.45, 7) is 3.95. The van der Waals surface area contributed by atoms with Crippen molar-refractivity contribution in [1.82, 2.24) is 19.9 Å². The largest absolute Gasteiger partial charge is 0.337 e. The second kappa shape index (κ2) is 6.99. The van der Waals surface area contributed by atoms with Gasteiger partial charge >= 0.3 is 0 Å². The molecule has 1 unspecified atom stereocenters. The minimum Gasteiger partial charge on any atom is -0.337 e. The third-order valence-corrected chi connectivity index (χ3v) is 3.05. The zero-order valence-electron chi connectivity index (χ0n) is 11.1. The van der Waals surface area contributed by atoms with Crippen LogP contribution in [0.2, 0.25) is 0 Å². The van der Waals surface area contributed by atoms with E-state index in [0.29, 0.717) is 0 Å². The number of aryl methyl sites for hydroxylation is 1. The number of hydrogen-bond acceptors (Lipinski definition) is 3. The Morgan fingerprint density at radius 3 is 2.95 bits per heavy atom. The first-order chi connectivity index (χ1) is 9.25. The predicted molar refractivity (Wildman–Crippen MR) is 72.1 cm³/mol. The molecular formula is C14H19FN4. The second-order valence-electron chi connectivity index (χ2n) is 4.58. The lowest BCUT2D eigenvalue weighted by atomic mass is 10.2. The van der Waals surface area contributed by atoms with Crippen LogP contribution in [0.15, 0.2) is 37.1 Å². The topological polar surface area (TPSA) is 42.7 Å². The summed E-state index contributed by atoms with van der Waals surface area (Å²) < 4.78 is 14.8. The molecule has 0 fully saturated rings. The molecule has 2 rings (SSSR count). The van der Waals surface area contributed by atoms with E-state index in [9.17, 15) is 4.39 Å². The molecule has 0 amide bonds. The zero-order valence-corrected chi connectivity index (χ0v) is 11.1. The molecule has 2 heterocycles. The molecule has 5 heteroatoms. The summed E-state index contributed by atoms with van der Waals surface area (Å²) in [5, 5.41) is 3.39. The highest BCUT2D eigenvalue weighted by molar-refractivity contribution is 5.08. The normalized spacial score (nSPS) is 12.5. The Labute approximate surface area is 112 Å². The van der Waals surface area contributed by atoms with Crippen LogP contribution in [0.5, 0.6) is 0 Å². The number of hydrogen-bond donors (Lipinski definition) is 1. The molecule has 2 aromatic heterocycles. The van der Waals surface area contributed by atoms with E-state index in [0.717, 1.165) is 31.6 Å². The standard InChI is InChI=1S/C14H19FN4/c1-12(14-5-4-13(15)10-18-14)17-6-2-3-8-19-9-7-16-11-19/h4-5,7,9-12,17H,2-3,6,8H2,1H3. The van der Waals surface area contributed by atoms with Crippen LogP contribution in [-0.2, 0) is 6.54 Å². The summed E-state index contributed by atoms with van der Waals surface area (Å²) in [5.74, 6) is -0.295. The summed E-state index contributed by atoms with van der Waals surface area (Å²) in [6.07, 6.45) is 9.04. The highest BCUT2D eigenvalue weighted by Gasteiger charge is 2.05. The lowest BCUT2D eigenvalue weighted by Gasteiger charge is -2.13. The first-order valence-corrected chi connectivity index (χ1v) is 6.56. The fraction of sp³-hybridized carbons (Fsp3) is 0.429. The SMILES string of the molecule is CC(NCCCCn1ccnc1)c1ccc(F)cn1. The Balaban J connectivity index is 1.63. The Morgan fingerprint density at radius 1 is 1.37 bits per heavy atom. The van der Waals surface area contributed by atoms with E-state index >= 15 is 0 Å². The molecule has 1 atom stereocenters.